The second-order valence-electron chi connectivity index (χ2n) is 4.65. The number of carbonyl (C=O) groups is 1. The zero-order valence-corrected chi connectivity index (χ0v) is 11.0. The van der Waals surface area contributed by atoms with E-state index >= 15 is 0 Å². The summed E-state index contributed by atoms with van der Waals surface area (Å²) in [6, 6.07) is 0. The minimum Gasteiger partial charge on any atom is -0.381 e. The molecule has 0 aliphatic carbocycles. The first-order valence-electron chi connectivity index (χ1n) is 6.90. The van der Waals surface area contributed by atoms with Gasteiger partial charge in [-0.2, -0.15) is 0 Å². The van der Waals surface area contributed by atoms with Crippen LogP contribution in [0.1, 0.15) is 39.0 Å². The van der Waals surface area contributed by atoms with Gasteiger partial charge in [-0.1, -0.05) is 13.3 Å². The summed E-state index contributed by atoms with van der Waals surface area (Å²) in [6.07, 6.45) is 5.34. The molecule has 1 atom stereocenters. The van der Waals surface area contributed by atoms with E-state index in [1.807, 2.05) is 0 Å². The lowest BCUT2D eigenvalue weighted by atomic mass is 9.99. The lowest BCUT2D eigenvalue weighted by molar-refractivity contribution is -0.125. The van der Waals surface area contributed by atoms with Gasteiger partial charge in [0.05, 0.1) is 5.92 Å². The average molecular weight is 242 g/mol. The molecule has 0 bridgehead atoms. The lowest BCUT2D eigenvalue weighted by Gasteiger charge is -2.21. The van der Waals surface area contributed by atoms with Crippen LogP contribution in [-0.2, 0) is 9.53 Å². The summed E-state index contributed by atoms with van der Waals surface area (Å²) in [7, 11) is 0. The van der Waals surface area contributed by atoms with Gasteiger partial charge in [-0.25, -0.2) is 0 Å². The van der Waals surface area contributed by atoms with E-state index in [0.29, 0.717) is 0 Å². The summed E-state index contributed by atoms with van der Waals surface area (Å²) in [5.74, 6) is 0.371. The van der Waals surface area contributed by atoms with Gasteiger partial charge in [-0.3, -0.25) is 4.79 Å². The lowest BCUT2D eigenvalue weighted by Crippen LogP contribution is -2.40. The Hall–Kier alpha value is -0.610. The molecule has 1 rings (SSSR count). The molecule has 4 nitrogen and oxygen atoms in total. The highest BCUT2D eigenvalue weighted by molar-refractivity contribution is 5.78. The van der Waals surface area contributed by atoms with Crippen LogP contribution in [0.2, 0.25) is 0 Å². The van der Waals surface area contributed by atoms with E-state index in [-0.39, 0.29) is 11.8 Å². The molecule has 4 heteroatoms. The standard InChI is InChI=1S/C13H26N2O2/c1-2-3-9-17-10-5-8-15-13(16)12-6-4-7-14-11-12/h12,14H,2-11H2,1H3,(H,15,16)/t12-/m0/s1. The van der Waals surface area contributed by atoms with Gasteiger partial charge in [-0.05, 0) is 32.2 Å². The third-order valence-electron chi connectivity index (χ3n) is 3.07. The molecule has 1 aliphatic rings. The van der Waals surface area contributed by atoms with Crippen molar-refractivity contribution >= 4 is 5.91 Å². The Morgan fingerprint density at radius 1 is 1.41 bits per heavy atom. The quantitative estimate of drug-likeness (QED) is 0.631. The molecule has 1 amide bonds. The summed E-state index contributed by atoms with van der Waals surface area (Å²) in [5, 5.41) is 6.24. The third kappa shape index (κ3) is 6.64. The Morgan fingerprint density at radius 2 is 2.24 bits per heavy atom. The molecule has 1 heterocycles. The summed E-state index contributed by atoms with van der Waals surface area (Å²) in [5.41, 5.74) is 0. The Kier molecular flexibility index (Phi) is 8.01. The van der Waals surface area contributed by atoms with Crippen molar-refractivity contribution in [1.82, 2.24) is 10.6 Å². The third-order valence-corrected chi connectivity index (χ3v) is 3.07. The largest absolute Gasteiger partial charge is 0.381 e. The van der Waals surface area contributed by atoms with Crippen LogP contribution in [0.5, 0.6) is 0 Å². The van der Waals surface area contributed by atoms with E-state index in [9.17, 15) is 4.79 Å². The first kappa shape index (κ1) is 14.5. The number of ether oxygens (including phenoxy) is 1. The van der Waals surface area contributed by atoms with Crippen LogP contribution in [-0.4, -0.2) is 38.8 Å². The fourth-order valence-corrected chi connectivity index (χ4v) is 1.95. The zero-order valence-electron chi connectivity index (χ0n) is 11.0. The molecule has 0 radical (unpaired) electrons. The van der Waals surface area contributed by atoms with Crippen molar-refractivity contribution in [3.63, 3.8) is 0 Å². The highest BCUT2D eigenvalue weighted by atomic mass is 16.5. The molecule has 1 aliphatic heterocycles. The van der Waals surface area contributed by atoms with Crippen molar-refractivity contribution < 1.29 is 9.53 Å². The predicted molar refractivity (Wildman–Crippen MR) is 68.9 cm³/mol. The van der Waals surface area contributed by atoms with Gasteiger partial charge in [0.1, 0.15) is 0 Å². The van der Waals surface area contributed by atoms with Crippen LogP contribution < -0.4 is 10.6 Å². The van der Waals surface area contributed by atoms with Gasteiger partial charge < -0.3 is 15.4 Å². The highest BCUT2D eigenvalue weighted by Gasteiger charge is 2.19. The fourth-order valence-electron chi connectivity index (χ4n) is 1.95. The minimum absolute atomic E-state index is 0.171. The van der Waals surface area contributed by atoms with Crippen molar-refractivity contribution in [2.45, 2.75) is 39.0 Å². The number of piperidine rings is 1. The summed E-state index contributed by atoms with van der Waals surface area (Å²) >= 11 is 0. The molecule has 0 spiro atoms. The number of unbranched alkanes of at least 4 members (excludes halogenated alkanes) is 1. The van der Waals surface area contributed by atoms with Crippen molar-refractivity contribution in [3.05, 3.63) is 0 Å². The van der Waals surface area contributed by atoms with Crippen molar-refractivity contribution in [2.75, 3.05) is 32.8 Å². The first-order chi connectivity index (χ1) is 8.34. The second-order valence-corrected chi connectivity index (χ2v) is 4.65. The van der Waals surface area contributed by atoms with Crippen LogP contribution in [0.15, 0.2) is 0 Å². The molecular weight excluding hydrogens is 216 g/mol. The number of rotatable bonds is 8. The zero-order chi connectivity index (χ0) is 12.3. The Labute approximate surface area is 104 Å². The van der Waals surface area contributed by atoms with Crippen LogP contribution in [0.4, 0.5) is 0 Å². The Balaban J connectivity index is 1.92. The maximum atomic E-state index is 11.7. The number of hydrogen-bond acceptors (Lipinski definition) is 3. The molecule has 0 unspecified atom stereocenters. The molecule has 100 valence electrons. The normalized spacial score (nSPS) is 20.2. The topological polar surface area (TPSA) is 50.4 Å². The van der Waals surface area contributed by atoms with Crippen molar-refractivity contribution in [2.24, 2.45) is 5.92 Å². The monoisotopic (exact) mass is 242 g/mol. The van der Waals surface area contributed by atoms with Gasteiger partial charge in [0.15, 0.2) is 0 Å². The maximum Gasteiger partial charge on any atom is 0.224 e. The maximum absolute atomic E-state index is 11.7. The molecule has 0 aromatic heterocycles. The van der Waals surface area contributed by atoms with E-state index in [0.717, 1.165) is 58.5 Å². The van der Waals surface area contributed by atoms with Gasteiger partial charge >= 0.3 is 0 Å². The van der Waals surface area contributed by atoms with Crippen LogP contribution in [0.25, 0.3) is 0 Å². The molecule has 17 heavy (non-hydrogen) atoms. The molecule has 1 fully saturated rings. The molecule has 1 saturated heterocycles. The van der Waals surface area contributed by atoms with Gasteiger partial charge in [-0.15, -0.1) is 0 Å². The number of nitrogens with one attached hydrogen (secondary N) is 2. The van der Waals surface area contributed by atoms with E-state index < -0.39 is 0 Å². The summed E-state index contributed by atoms with van der Waals surface area (Å²) in [4.78, 5) is 11.7. The highest BCUT2D eigenvalue weighted by Crippen LogP contribution is 2.09. The Morgan fingerprint density at radius 3 is 2.94 bits per heavy atom. The number of carbonyl (C=O) groups excluding carboxylic acids is 1. The SMILES string of the molecule is CCCCOCCCNC(=O)[C@H]1CCCNC1. The Bertz CT molecular complexity index is 204. The molecule has 0 saturated carbocycles. The molecular formula is C13H26N2O2. The van der Waals surface area contributed by atoms with Gasteiger partial charge in [0.2, 0.25) is 5.91 Å². The van der Waals surface area contributed by atoms with E-state index in [4.69, 9.17) is 4.74 Å². The van der Waals surface area contributed by atoms with E-state index in [1.165, 1.54) is 6.42 Å². The van der Waals surface area contributed by atoms with Crippen LogP contribution in [0, 0.1) is 5.92 Å². The summed E-state index contributed by atoms with van der Waals surface area (Å²) in [6.45, 7) is 6.37. The van der Waals surface area contributed by atoms with E-state index in [2.05, 4.69) is 17.6 Å². The molecule has 0 aromatic rings. The average Bonchev–Trinajstić information content (AvgIpc) is 2.38. The predicted octanol–water partition coefficient (Wildman–Crippen LogP) is 1.31. The number of hydrogen-bond donors (Lipinski definition) is 2. The van der Waals surface area contributed by atoms with Gasteiger partial charge in [0, 0.05) is 26.3 Å². The fraction of sp³-hybridized carbons (Fsp3) is 0.923. The summed E-state index contributed by atoms with van der Waals surface area (Å²) < 4.78 is 5.44. The molecule has 0 aromatic carbocycles. The number of amides is 1. The smallest absolute Gasteiger partial charge is 0.224 e. The van der Waals surface area contributed by atoms with Crippen molar-refractivity contribution in [3.8, 4) is 0 Å². The van der Waals surface area contributed by atoms with E-state index in [1.54, 1.807) is 0 Å². The van der Waals surface area contributed by atoms with Crippen molar-refractivity contribution in [1.29, 1.82) is 0 Å². The second kappa shape index (κ2) is 9.42. The van der Waals surface area contributed by atoms with Crippen LogP contribution in [0.3, 0.4) is 0 Å². The minimum atomic E-state index is 0.171. The first-order valence-corrected chi connectivity index (χ1v) is 6.90. The molecule has 2 N–H and O–H groups in total. The van der Waals surface area contributed by atoms with Crippen LogP contribution >= 0.6 is 0 Å². The van der Waals surface area contributed by atoms with Gasteiger partial charge in [0.25, 0.3) is 0 Å².